The summed E-state index contributed by atoms with van der Waals surface area (Å²) < 4.78 is 6.63. The van der Waals surface area contributed by atoms with Crippen molar-refractivity contribution in [1.82, 2.24) is 4.90 Å². The quantitative estimate of drug-likeness (QED) is 0.520. The standard InChI is InChI=1S/C18H20BrNO3S2/c1-2-23-14-9-11(8-13(19)16(14)21)10-15-17(22)20(18(24)25-15)12-6-4-3-5-7-12/h8-10,12,21H,2-7H2,1H3/b15-10-. The Hall–Kier alpha value is -1.05. The molecule has 134 valence electrons. The number of halogens is 1. The predicted octanol–water partition coefficient (Wildman–Crippen LogP) is 5.09. The Morgan fingerprint density at radius 2 is 2.12 bits per heavy atom. The van der Waals surface area contributed by atoms with Gasteiger partial charge in [-0.3, -0.25) is 9.69 Å². The second kappa shape index (κ2) is 8.10. The SMILES string of the molecule is CCOc1cc(/C=C2\SC(=S)N(C3CCCCC3)C2=O)cc(Br)c1O. The maximum atomic E-state index is 12.8. The summed E-state index contributed by atoms with van der Waals surface area (Å²) in [6, 6.07) is 3.74. The number of aromatic hydroxyl groups is 1. The molecule has 0 bridgehead atoms. The van der Waals surface area contributed by atoms with E-state index in [1.807, 2.05) is 13.0 Å². The van der Waals surface area contributed by atoms with Gasteiger partial charge in [-0.15, -0.1) is 0 Å². The van der Waals surface area contributed by atoms with E-state index in [4.69, 9.17) is 17.0 Å². The van der Waals surface area contributed by atoms with E-state index in [1.54, 1.807) is 17.0 Å². The number of phenols is 1. The third kappa shape index (κ3) is 4.04. The lowest BCUT2D eigenvalue weighted by Gasteiger charge is -2.29. The van der Waals surface area contributed by atoms with Gasteiger partial charge in [-0.1, -0.05) is 43.2 Å². The normalized spacial score (nSPS) is 20.6. The molecule has 1 aromatic rings. The number of ether oxygens (including phenoxy) is 1. The largest absolute Gasteiger partial charge is 0.503 e. The van der Waals surface area contributed by atoms with E-state index in [9.17, 15) is 9.90 Å². The minimum atomic E-state index is -0.0101. The first-order valence-corrected chi connectivity index (χ1v) is 10.5. The molecule has 2 fully saturated rings. The Kier molecular flexibility index (Phi) is 6.07. The number of thioether (sulfide) groups is 1. The van der Waals surface area contributed by atoms with Crippen molar-refractivity contribution >= 4 is 56.2 Å². The summed E-state index contributed by atoms with van der Waals surface area (Å²) in [4.78, 5) is 15.3. The van der Waals surface area contributed by atoms with Gasteiger partial charge in [-0.25, -0.2) is 0 Å². The van der Waals surface area contributed by atoms with E-state index in [-0.39, 0.29) is 17.7 Å². The van der Waals surface area contributed by atoms with E-state index >= 15 is 0 Å². The van der Waals surface area contributed by atoms with Gasteiger partial charge in [-0.05, 0) is 59.5 Å². The highest BCUT2D eigenvalue weighted by atomic mass is 79.9. The average molecular weight is 442 g/mol. The molecule has 2 aliphatic rings. The van der Waals surface area contributed by atoms with Gasteiger partial charge >= 0.3 is 0 Å². The smallest absolute Gasteiger partial charge is 0.266 e. The van der Waals surface area contributed by atoms with E-state index in [1.165, 1.54) is 18.2 Å². The van der Waals surface area contributed by atoms with Crippen molar-refractivity contribution in [3.8, 4) is 11.5 Å². The maximum absolute atomic E-state index is 12.8. The molecule has 1 heterocycles. The number of thiocarbonyl (C=S) groups is 1. The maximum Gasteiger partial charge on any atom is 0.266 e. The fraction of sp³-hybridized carbons (Fsp3) is 0.444. The van der Waals surface area contributed by atoms with Crippen molar-refractivity contribution in [3.63, 3.8) is 0 Å². The molecule has 0 atom stereocenters. The minimum absolute atomic E-state index is 0.0101. The van der Waals surface area contributed by atoms with E-state index in [2.05, 4.69) is 15.9 Å². The number of benzene rings is 1. The van der Waals surface area contributed by atoms with Crippen LogP contribution in [0.5, 0.6) is 11.5 Å². The van der Waals surface area contributed by atoms with Gasteiger partial charge in [0.05, 0.1) is 16.0 Å². The molecule has 1 aliphatic carbocycles. The highest BCUT2D eigenvalue weighted by Gasteiger charge is 2.37. The molecule has 1 aromatic carbocycles. The number of nitrogens with zero attached hydrogens (tertiary/aromatic N) is 1. The Balaban J connectivity index is 1.86. The third-order valence-electron chi connectivity index (χ3n) is 4.41. The van der Waals surface area contributed by atoms with Crippen LogP contribution in [-0.4, -0.2) is 32.9 Å². The molecule has 1 saturated heterocycles. The first-order valence-electron chi connectivity index (χ1n) is 8.43. The van der Waals surface area contributed by atoms with Gasteiger partial charge < -0.3 is 9.84 Å². The van der Waals surface area contributed by atoms with Crippen molar-refractivity contribution in [1.29, 1.82) is 0 Å². The van der Waals surface area contributed by atoms with E-state index in [0.29, 0.717) is 26.1 Å². The van der Waals surface area contributed by atoms with Crippen LogP contribution in [0.15, 0.2) is 21.5 Å². The number of carbonyl (C=O) groups excluding carboxylic acids is 1. The monoisotopic (exact) mass is 441 g/mol. The zero-order valence-corrected chi connectivity index (χ0v) is 17.2. The molecule has 25 heavy (non-hydrogen) atoms. The zero-order valence-electron chi connectivity index (χ0n) is 14.0. The molecule has 3 rings (SSSR count). The molecule has 4 nitrogen and oxygen atoms in total. The van der Waals surface area contributed by atoms with E-state index < -0.39 is 0 Å². The molecular weight excluding hydrogens is 422 g/mol. The first kappa shape index (κ1) is 18.7. The molecule has 7 heteroatoms. The third-order valence-corrected chi connectivity index (χ3v) is 6.35. The van der Waals surface area contributed by atoms with Gasteiger partial charge in [0.1, 0.15) is 4.32 Å². The topological polar surface area (TPSA) is 49.8 Å². The van der Waals surface area contributed by atoms with Crippen LogP contribution in [0.25, 0.3) is 6.08 Å². The van der Waals surface area contributed by atoms with Crippen LogP contribution in [0, 0.1) is 0 Å². The first-order chi connectivity index (χ1) is 12.0. The van der Waals surface area contributed by atoms with Gasteiger partial charge in [-0.2, -0.15) is 0 Å². The Morgan fingerprint density at radius 1 is 1.40 bits per heavy atom. The van der Waals surface area contributed by atoms with Gasteiger partial charge in [0.25, 0.3) is 5.91 Å². The average Bonchev–Trinajstić information content (AvgIpc) is 2.87. The summed E-state index contributed by atoms with van der Waals surface area (Å²) in [6.07, 6.45) is 7.42. The molecule has 0 radical (unpaired) electrons. The van der Waals surface area contributed by atoms with Gasteiger partial charge in [0.15, 0.2) is 11.5 Å². The van der Waals surface area contributed by atoms with Gasteiger partial charge in [0, 0.05) is 6.04 Å². The summed E-state index contributed by atoms with van der Waals surface area (Å²) in [6.45, 7) is 2.31. The Bertz CT molecular complexity index is 729. The fourth-order valence-electron chi connectivity index (χ4n) is 3.23. The summed E-state index contributed by atoms with van der Waals surface area (Å²) in [5.74, 6) is 0.448. The van der Waals surface area contributed by atoms with Crippen LogP contribution in [0.2, 0.25) is 0 Å². The summed E-state index contributed by atoms with van der Waals surface area (Å²) in [7, 11) is 0. The number of rotatable bonds is 4. The Morgan fingerprint density at radius 3 is 2.80 bits per heavy atom. The highest BCUT2D eigenvalue weighted by molar-refractivity contribution is 9.10. The van der Waals surface area contributed by atoms with Crippen LogP contribution in [0.3, 0.4) is 0 Å². The van der Waals surface area contributed by atoms with E-state index in [0.717, 1.165) is 31.2 Å². The van der Waals surface area contributed by atoms with Crippen molar-refractivity contribution in [3.05, 3.63) is 27.1 Å². The lowest BCUT2D eigenvalue weighted by Crippen LogP contribution is -2.39. The highest BCUT2D eigenvalue weighted by Crippen LogP contribution is 2.40. The molecule has 1 amide bonds. The molecular formula is C18H20BrNO3S2. The summed E-state index contributed by atoms with van der Waals surface area (Å²) in [5.41, 5.74) is 0.789. The number of hydrogen-bond acceptors (Lipinski definition) is 5. The predicted molar refractivity (Wildman–Crippen MR) is 109 cm³/mol. The number of amides is 1. The molecule has 0 spiro atoms. The number of carbonyl (C=O) groups is 1. The second-order valence-electron chi connectivity index (χ2n) is 6.13. The molecule has 1 saturated carbocycles. The minimum Gasteiger partial charge on any atom is -0.503 e. The van der Waals surface area contributed by atoms with Gasteiger partial charge in [0.2, 0.25) is 0 Å². The van der Waals surface area contributed by atoms with Crippen molar-refractivity contribution in [2.75, 3.05) is 6.61 Å². The summed E-state index contributed by atoms with van der Waals surface area (Å²) in [5, 5.41) is 10.0. The summed E-state index contributed by atoms with van der Waals surface area (Å²) >= 11 is 10.1. The van der Waals surface area contributed by atoms with Crippen molar-refractivity contribution in [2.45, 2.75) is 45.1 Å². The molecule has 0 aromatic heterocycles. The molecule has 1 aliphatic heterocycles. The lowest BCUT2D eigenvalue weighted by molar-refractivity contribution is -0.124. The molecule has 0 unspecified atom stereocenters. The lowest BCUT2D eigenvalue weighted by atomic mass is 9.94. The second-order valence-corrected chi connectivity index (χ2v) is 8.66. The van der Waals surface area contributed by atoms with Crippen LogP contribution < -0.4 is 4.74 Å². The van der Waals surface area contributed by atoms with Crippen molar-refractivity contribution in [2.24, 2.45) is 0 Å². The van der Waals surface area contributed by atoms with Crippen LogP contribution >= 0.6 is 39.9 Å². The number of hydrogen-bond donors (Lipinski definition) is 1. The fourth-order valence-corrected chi connectivity index (χ4v) is 5.09. The zero-order chi connectivity index (χ0) is 18.0. The van der Waals surface area contributed by atoms with Crippen LogP contribution in [-0.2, 0) is 4.79 Å². The molecule has 1 N–H and O–H groups in total. The number of phenolic OH excluding ortho intramolecular Hbond substituents is 1. The van der Waals surface area contributed by atoms with Crippen LogP contribution in [0.1, 0.15) is 44.6 Å². The van der Waals surface area contributed by atoms with Crippen molar-refractivity contribution < 1.29 is 14.6 Å². The Labute approximate surface area is 165 Å². The van der Waals surface area contributed by atoms with Crippen LogP contribution in [0.4, 0.5) is 0 Å².